The first-order valence-electron chi connectivity index (χ1n) is 8.44. The molecule has 0 unspecified atom stereocenters. The smallest absolute Gasteiger partial charge is 0.227 e. The van der Waals surface area contributed by atoms with Crippen LogP contribution in [0.4, 0.5) is 5.69 Å². The molecule has 0 saturated carbocycles. The number of aryl methyl sites for hydroxylation is 1. The molecule has 0 bridgehead atoms. The minimum absolute atomic E-state index is 0.118. The molecule has 0 radical (unpaired) electrons. The summed E-state index contributed by atoms with van der Waals surface area (Å²) in [4.78, 5) is 14.8. The van der Waals surface area contributed by atoms with Gasteiger partial charge < -0.3 is 5.32 Å². The zero-order chi connectivity index (χ0) is 16.9. The highest BCUT2D eigenvalue weighted by Crippen LogP contribution is 2.21. The van der Waals surface area contributed by atoms with E-state index in [0.29, 0.717) is 0 Å². The quantitative estimate of drug-likeness (QED) is 0.831. The van der Waals surface area contributed by atoms with Crippen molar-refractivity contribution in [2.75, 3.05) is 18.4 Å². The molecule has 3 nitrogen and oxygen atoms in total. The number of carbonyl (C=O) groups is 1. The van der Waals surface area contributed by atoms with Gasteiger partial charge in [0.25, 0.3) is 0 Å². The molecule has 0 aromatic heterocycles. The summed E-state index contributed by atoms with van der Waals surface area (Å²) in [7, 11) is 0. The van der Waals surface area contributed by atoms with Gasteiger partial charge >= 0.3 is 0 Å². The van der Waals surface area contributed by atoms with Crippen molar-refractivity contribution in [2.45, 2.75) is 26.3 Å². The lowest BCUT2D eigenvalue weighted by atomic mass is 9.95. The molecule has 1 amide bonds. The topological polar surface area (TPSA) is 32.3 Å². The molecule has 2 aromatic carbocycles. The fourth-order valence-corrected chi connectivity index (χ4v) is 3.35. The van der Waals surface area contributed by atoms with Gasteiger partial charge in [-0.1, -0.05) is 45.8 Å². The second-order valence-electron chi connectivity index (χ2n) is 6.53. The average molecular weight is 387 g/mol. The molecular weight excluding hydrogens is 364 g/mol. The third-order valence-electron chi connectivity index (χ3n) is 4.60. The van der Waals surface area contributed by atoms with Crippen LogP contribution >= 0.6 is 15.9 Å². The molecule has 2 aromatic rings. The van der Waals surface area contributed by atoms with Crippen LogP contribution in [0.5, 0.6) is 0 Å². The van der Waals surface area contributed by atoms with Crippen molar-refractivity contribution < 1.29 is 4.79 Å². The van der Waals surface area contributed by atoms with Gasteiger partial charge in [0.05, 0.1) is 0 Å². The van der Waals surface area contributed by atoms with E-state index in [-0.39, 0.29) is 11.8 Å². The lowest BCUT2D eigenvalue weighted by Crippen LogP contribution is -2.37. The second kappa shape index (κ2) is 7.95. The normalized spacial score (nSPS) is 16.1. The first-order chi connectivity index (χ1) is 11.6. The van der Waals surface area contributed by atoms with Gasteiger partial charge in [-0.15, -0.1) is 0 Å². The summed E-state index contributed by atoms with van der Waals surface area (Å²) >= 11 is 3.47. The largest absolute Gasteiger partial charge is 0.326 e. The van der Waals surface area contributed by atoms with Crippen LogP contribution in [0.1, 0.15) is 24.0 Å². The SMILES string of the molecule is Cc1ccc(NC(=O)C2CCN(Cc3ccc(Br)cc3)CC2)cc1. The molecule has 0 atom stereocenters. The summed E-state index contributed by atoms with van der Waals surface area (Å²) in [5.74, 6) is 0.273. The van der Waals surface area contributed by atoms with Crippen LogP contribution in [-0.2, 0) is 11.3 Å². The molecular formula is C20H23BrN2O. The second-order valence-corrected chi connectivity index (χ2v) is 7.45. The number of piperidine rings is 1. The number of anilines is 1. The first kappa shape index (κ1) is 17.2. The molecule has 24 heavy (non-hydrogen) atoms. The Hall–Kier alpha value is -1.65. The summed E-state index contributed by atoms with van der Waals surface area (Å²) < 4.78 is 1.11. The van der Waals surface area contributed by atoms with Crippen LogP contribution in [0.3, 0.4) is 0 Å². The van der Waals surface area contributed by atoms with Crippen LogP contribution in [0.15, 0.2) is 53.0 Å². The van der Waals surface area contributed by atoms with E-state index in [2.05, 4.69) is 50.4 Å². The fraction of sp³-hybridized carbons (Fsp3) is 0.350. The van der Waals surface area contributed by atoms with E-state index in [9.17, 15) is 4.79 Å². The van der Waals surface area contributed by atoms with Crippen LogP contribution in [0, 0.1) is 12.8 Å². The summed E-state index contributed by atoms with van der Waals surface area (Å²) in [6.07, 6.45) is 1.85. The first-order valence-corrected chi connectivity index (χ1v) is 9.24. The molecule has 1 N–H and O–H groups in total. The van der Waals surface area contributed by atoms with Crippen molar-refractivity contribution in [1.82, 2.24) is 4.90 Å². The van der Waals surface area contributed by atoms with Crippen molar-refractivity contribution in [2.24, 2.45) is 5.92 Å². The number of rotatable bonds is 4. The fourth-order valence-electron chi connectivity index (χ4n) is 3.08. The molecule has 1 aliphatic heterocycles. The third kappa shape index (κ3) is 4.68. The minimum atomic E-state index is 0.118. The summed E-state index contributed by atoms with van der Waals surface area (Å²) in [5, 5.41) is 3.05. The van der Waals surface area contributed by atoms with E-state index in [4.69, 9.17) is 0 Å². The average Bonchev–Trinajstić information content (AvgIpc) is 2.59. The number of amides is 1. The number of hydrogen-bond acceptors (Lipinski definition) is 2. The standard InChI is InChI=1S/C20H23BrN2O/c1-15-2-8-19(9-3-15)22-20(24)17-10-12-23(13-11-17)14-16-4-6-18(21)7-5-16/h2-9,17H,10-14H2,1H3,(H,22,24). The summed E-state index contributed by atoms with van der Waals surface area (Å²) in [6.45, 7) is 4.95. The van der Waals surface area contributed by atoms with Crippen molar-refractivity contribution >= 4 is 27.5 Å². The number of halogens is 1. The highest BCUT2D eigenvalue weighted by Gasteiger charge is 2.25. The van der Waals surface area contributed by atoms with Gasteiger partial charge in [-0.2, -0.15) is 0 Å². The Morgan fingerprint density at radius 3 is 2.33 bits per heavy atom. The molecule has 3 rings (SSSR count). The Morgan fingerprint density at radius 1 is 1.08 bits per heavy atom. The lowest BCUT2D eigenvalue weighted by Gasteiger charge is -2.31. The third-order valence-corrected chi connectivity index (χ3v) is 5.13. The number of benzene rings is 2. The van der Waals surface area contributed by atoms with Gasteiger partial charge in [-0.3, -0.25) is 9.69 Å². The zero-order valence-corrected chi connectivity index (χ0v) is 15.6. The molecule has 126 valence electrons. The number of nitrogens with one attached hydrogen (secondary N) is 1. The Labute approximate surface area is 152 Å². The van der Waals surface area contributed by atoms with Crippen molar-refractivity contribution in [3.05, 3.63) is 64.1 Å². The van der Waals surface area contributed by atoms with Gasteiger partial charge in [0.2, 0.25) is 5.91 Å². The molecule has 4 heteroatoms. The van der Waals surface area contributed by atoms with Gasteiger partial charge in [-0.25, -0.2) is 0 Å². The predicted molar refractivity (Wildman–Crippen MR) is 102 cm³/mol. The van der Waals surface area contributed by atoms with E-state index < -0.39 is 0 Å². The van der Waals surface area contributed by atoms with Gasteiger partial charge in [-0.05, 0) is 62.7 Å². The lowest BCUT2D eigenvalue weighted by molar-refractivity contribution is -0.121. The van der Waals surface area contributed by atoms with E-state index in [0.717, 1.165) is 42.6 Å². The van der Waals surface area contributed by atoms with Gasteiger partial charge in [0, 0.05) is 22.6 Å². The highest BCUT2D eigenvalue weighted by molar-refractivity contribution is 9.10. The van der Waals surface area contributed by atoms with Crippen LogP contribution < -0.4 is 5.32 Å². The van der Waals surface area contributed by atoms with Crippen molar-refractivity contribution in [3.8, 4) is 0 Å². The molecule has 0 aliphatic carbocycles. The Bertz CT molecular complexity index is 674. The van der Waals surface area contributed by atoms with Crippen molar-refractivity contribution in [3.63, 3.8) is 0 Å². The number of carbonyl (C=O) groups excluding carboxylic acids is 1. The maximum absolute atomic E-state index is 12.4. The number of hydrogen-bond donors (Lipinski definition) is 1. The van der Waals surface area contributed by atoms with Gasteiger partial charge in [0.15, 0.2) is 0 Å². The number of likely N-dealkylation sites (tertiary alicyclic amines) is 1. The Morgan fingerprint density at radius 2 is 1.71 bits per heavy atom. The van der Waals surface area contributed by atoms with E-state index in [1.165, 1.54) is 11.1 Å². The predicted octanol–water partition coefficient (Wildman–Crippen LogP) is 4.61. The Kier molecular flexibility index (Phi) is 5.69. The summed E-state index contributed by atoms with van der Waals surface area (Å²) in [5.41, 5.74) is 3.41. The zero-order valence-electron chi connectivity index (χ0n) is 14.0. The van der Waals surface area contributed by atoms with Crippen LogP contribution in [-0.4, -0.2) is 23.9 Å². The molecule has 1 aliphatic rings. The van der Waals surface area contributed by atoms with E-state index >= 15 is 0 Å². The molecule has 1 heterocycles. The minimum Gasteiger partial charge on any atom is -0.326 e. The Balaban J connectivity index is 1.48. The van der Waals surface area contributed by atoms with Gasteiger partial charge in [0.1, 0.15) is 0 Å². The maximum atomic E-state index is 12.4. The molecule has 1 saturated heterocycles. The monoisotopic (exact) mass is 386 g/mol. The van der Waals surface area contributed by atoms with Crippen LogP contribution in [0.2, 0.25) is 0 Å². The summed E-state index contributed by atoms with van der Waals surface area (Å²) in [6, 6.07) is 16.5. The number of nitrogens with zero attached hydrogens (tertiary/aromatic N) is 1. The van der Waals surface area contributed by atoms with Crippen molar-refractivity contribution in [1.29, 1.82) is 0 Å². The van der Waals surface area contributed by atoms with E-state index in [1.807, 2.05) is 31.2 Å². The highest BCUT2D eigenvalue weighted by atomic mass is 79.9. The maximum Gasteiger partial charge on any atom is 0.227 e. The van der Waals surface area contributed by atoms with E-state index in [1.54, 1.807) is 0 Å². The molecule has 0 spiro atoms. The molecule has 1 fully saturated rings. The van der Waals surface area contributed by atoms with Crippen LogP contribution in [0.25, 0.3) is 0 Å².